The fraction of sp³-hybridized carbons (Fsp3) is 0.833. The number of carbonyl (C=O) groups is 1. The third-order valence-electron chi connectivity index (χ3n) is 1.02. The zero-order valence-electron chi connectivity index (χ0n) is 7.50. The second-order valence-electron chi connectivity index (χ2n) is 3.64. The molecule has 1 unspecified atom stereocenters. The van der Waals surface area contributed by atoms with E-state index in [2.05, 4.69) is 4.98 Å². The Morgan fingerprint density at radius 2 is 1.69 bits per heavy atom. The van der Waals surface area contributed by atoms with E-state index < -0.39 is 23.3 Å². The molecule has 0 saturated carbocycles. The van der Waals surface area contributed by atoms with Gasteiger partial charge in [-0.1, -0.05) is 54.4 Å². The molecule has 0 aliphatic rings. The number of alkyl halides is 4. The first-order valence-corrected chi connectivity index (χ1v) is 8.64. The van der Waals surface area contributed by atoms with E-state index in [0.29, 0.717) is 0 Å². The van der Waals surface area contributed by atoms with Gasteiger partial charge in [0.15, 0.2) is 5.38 Å². The number of nitrogens with one attached hydrogen (secondary N) is 1. The second-order valence-corrected chi connectivity index (χ2v) is 11.2. The standard InChI is InChI=1S/C6H11Cl4NOSi/c1-13(2,3)11-5(12)4(7)6(8,9)10/h4H,1-3H3,(H,11,12). The molecule has 0 fully saturated rings. The monoisotopic (exact) mass is 281 g/mol. The summed E-state index contributed by atoms with van der Waals surface area (Å²) in [4.78, 5) is 14.1. The van der Waals surface area contributed by atoms with E-state index in [1.165, 1.54) is 0 Å². The number of rotatable bonds is 2. The molecular formula is C6H11Cl4NOSi. The van der Waals surface area contributed by atoms with Gasteiger partial charge in [-0.2, -0.15) is 0 Å². The van der Waals surface area contributed by atoms with Crippen molar-refractivity contribution in [1.29, 1.82) is 0 Å². The minimum Gasteiger partial charge on any atom is -0.381 e. The summed E-state index contributed by atoms with van der Waals surface area (Å²) in [5.74, 6) is -0.430. The molecule has 78 valence electrons. The van der Waals surface area contributed by atoms with Crippen LogP contribution in [0.3, 0.4) is 0 Å². The molecule has 0 aliphatic carbocycles. The molecule has 13 heavy (non-hydrogen) atoms. The van der Waals surface area contributed by atoms with E-state index in [4.69, 9.17) is 46.4 Å². The van der Waals surface area contributed by atoms with Crippen LogP contribution in [-0.4, -0.2) is 23.3 Å². The molecule has 1 N–H and O–H groups in total. The van der Waals surface area contributed by atoms with Gasteiger partial charge in [0, 0.05) is 0 Å². The minimum atomic E-state index is -1.76. The topological polar surface area (TPSA) is 29.1 Å². The Morgan fingerprint density at radius 1 is 1.31 bits per heavy atom. The van der Waals surface area contributed by atoms with Gasteiger partial charge in [0.05, 0.1) is 0 Å². The molecule has 1 atom stereocenters. The third kappa shape index (κ3) is 6.02. The SMILES string of the molecule is C[Si](C)(C)NC(=O)C(Cl)C(Cl)(Cl)Cl. The quantitative estimate of drug-likeness (QED) is 0.612. The molecule has 0 heterocycles. The highest BCUT2D eigenvalue weighted by atomic mass is 35.6. The van der Waals surface area contributed by atoms with Gasteiger partial charge in [-0.25, -0.2) is 0 Å². The van der Waals surface area contributed by atoms with Crippen LogP contribution in [-0.2, 0) is 4.79 Å². The molecule has 0 aromatic heterocycles. The summed E-state index contributed by atoms with van der Waals surface area (Å²) >= 11 is 22.0. The maximum absolute atomic E-state index is 11.3. The van der Waals surface area contributed by atoms with Gasteiger partial charge in [0.2, 0.25) is 9.70 Å². The van der Waals surface area contributed by atoms with E-state index in [1.54, 1.807) is 0 Å². The van der Waals surface area contributed by atoms with E-state index >= 15 is 0 Å². The fourth-order valence-electron chi connectivity index (χ4n) is 0.582. The molecule has 2 nitrogen and oxygen atoms in total. The highest BCUT2D eigenvalue weighted by molar-refractivity contribution is 6.77. The molecule has 0 aromatic rings. The van der Waals surface area contributed by atoms with Crippen LogP contribution in [0.5, 0.6) is 0 Å². The normalized spacial score (nSPS) is 15.3. The van der Waals surface area contributed by atoms with E-state index in [-0.39, 0.29) is 0 Å². The maximum atomic E-state index is 11.3. The van der Waals surface area contributed by atoms with Crippen molar-refractivity contribution in [3.8, 4) is 0 Å². The molecule has 0 spiro atoms. The fourth-order valence-corrected chi connectivity index (χ4v) is 1.91. The molecular weight excluding hydrogens is 272 g/mol. The largest absolute Gasteiger partial charge is 0.381 e. The van der Waals surface area contributed by atoms with Crippen molar-refractivity contribution in [3.05, 3.63) is 0 Å². The van der Waals surface area contributed by atoms with Crippen molar-refractivity contribution in [2.24, 2.45) is 0 Å². The lowest BCUT2D eigenvalue weighted by Crippen LogP contribution is -2.51. The lowest BCUT2D eigenvalue weighted by atomic mass is 10.4. The van der Waals surface area contributed by atoms with Crippen molar-refractivity contribution in [2.75, 3.05) is 0 Å². The molecule has 0 radical (unpaired) electrons. The molecule has 7 heteroatoms. The molecule has 1 amide bonds. The first kappa shape index (κ1) is 13.8. The predicted octanol–water partition coefficient (Wildman–Crippen LogP) is 2.92. The van der Waals surface area contributed by atoms with Crippen LogP contribution in [0.2, 0.25) is 19.6 Å². The summed E-state index contributed by atoms with van der Waals surface area (Å²) in [6.45, 7) is 5.85. The van der Waals surface area contributed by atoms with E-state index in [1.807, 2.05) is 19.6 Å². The first-order valence-electron chi connectivity index (χ1n) is 3.57. The number of hydrogen-bond donors (Lipinski definition) is 1. The summed E-state index contributed by atoms with van der Waals surface area (Å²) in [5.41, 5.74) is 0. The van der Waals surface area contributed by atoms with Gasteiger partial charge >= 0.3 is 0 Å². The second kappa shape index (κ2) is 4.58. The van der Waals surface area contributed by atoms with Gasteiger partial charge < -0.3 is 4.98 Å². The summed E-state index contributed by atoms with van der Waals surface area (Å²) in [7, 11) is -1.72. The smallest absolute Gasteiger partial charge is 0.234 e. The van der Waals surface area contributed by atoms with Gasteiger partial charge in [0.25, 0.3) is 0 Å². The van der Waals surface area contributed by atoms with Gasteiger partial charge in [-0.15, -0.1) is 11.6 Å². The number of halogens is 4. The van der Waals surface area contributed by atoms with Crippen LogP contribution >= 0.6 is 46.4 Å². The highest BCUT2D eigenvalue weighted by Crippen LogP contribution is 2.33. The van der Waals surface area contributed by atoms with Crippen molar-refractivity contribution in [2.45, 2.75) is 28.8 Å². The van der Waals surface area contributed by atoms with E-state index in [9.17, 15) is 4.79 Å². The number of hydrogen-bond acceptors (Lipinski definition) is 1. The van der Waals surface area contributed by atoms with Crippen molar-refractivity contribution in [1.82, 2.24) is 4.98 Å². The lowest BCUT2D eigenvalue weighted by molar-refractivity contribution is -0.119. The number of amides is 1. The van der Waals surface area contributed by atoms with Gasteiger partial charge in [-0.05, 0) is 0 Å². The maximum Gasteiger partial charge on any atom is 0.234 e. The molecule has 0 aromatic carbocycles. The summed E-state index contributed by atoms with van der Waals surface area (Å²) in [6.07, 6.45) is 0. The van der Waals surface area contributed by atoms with Crippen LogP contribution in [0.25, 0.3) is 0 Å². The Balaban J connectivity index is 4.30. The van der Waals surface area contributed by atoms with Crippen molar-refractivity contribution < 1.29 is 4.79 Å². The Morgan fingerprint density at radius 3 is 1.92 bits per heavy atom. The zero-order chi connectivity index (χ0) is 10.9. The lowest BCUT2D eigenvalue weighted by Gasteiger charge is -2.23. The van der Waals surface area contributed by atoms with Crippen LogP contribution < -0.4 is 4.98 Å². The average Bonchev–Trinajstić information content (AvgIpc) is 1.79. The van der Waals surface area contributed by atoms with Gasteiger partial charge in [-0.3, -0.25) is 4.79 Å². The first-order chi connectivity index (χ1) is 5.54. The zero-order valence-corrected chi connectivity index (χ0v) is 11.5. The van der Waals surface area contributed by atoms with Crippen molar-refractivity contribution in [3.63, 3.8) is 0 Å². The molecule has 0 aliphatic heterocycles. The summed E-state index contributed by atoms with van der Waals surface area (Å²) in [5, 5.41) is -1.15. The summed E-state index contributed by atoms with van der Waals surface area (Å²) < 4.78 is -1.76. The third-order valence-corrected chi connectivity index (χ3v) is 3.53. The Hall–Kier alpha value is 0.847. The van der Waals surface area contributed by atoms with Crippen LogP contribution in [0.1, 0.15) is 0 Å². The number of carbonyl (C=O) groups excluding carboxylic acids is 1. The Labute approximate surface area is 98.9 Å². The summed E-state index contributed by atoms with van der Waals surface area (Å²) in [6, 6.07) is 0. The minimum absolute atomic E-state index is 0.430. The predicted molar refractivity (Wildman–Crippen MR) is 61.4 cm³/mol. The highest BCUT2D eigenvalue weighted by Gasteiger charge is 2.38. The van der Waals surface area contributed by atoms with Crippen LogP contribution in [0, 0.1) is 0 Å². The Kier molecular flexibility index (Phi) is 4.88. The van der Waals surface area contributed by atoms with Crippen molar-refractivity contribution >= 4 is 60.5 Å². The van der Waals surface area contributed by atoms with Gasteiger partial charge in [0.1, 0.15) is 8.24 Å². The molecule has 0 bridgehead atoms. The average molecular weight is 283 g/mol. The molecule has 0 rings (SSSR count). The van der Waals surface area contributed by atoms with E-state index in [0.717, 1.165) is 0 Å². The Bertz CT molecular complexity index is 198. The van der Waals surface area contributed by atoms with Crippen LogP contribution in [0.4, 0.5) is 0 Å². The molecule has 0 saturated heterocycles. The van der Waals surface area contributed by atoms with Crippen LogP contribution in [0.15, 0.2) is 0 Å².